The van der Waals surface area contributed by atoms with E-state index >= 15 is 0 Å². The van der Waals surface area contributed by atoms with Crippen molar-refractivity contribution in [1.82, 2.24) is 9.21 Å². The molecular weight excluding hydrogens is 422 g/mol. The Bertz CT molecular complexity index is 1030. The molecule has 2 aromatic rings. The summed E-state index contributed by atoms with van der Waals surface area (Å²) < 4.78 is 37.8. The standard InChI is InChI=1S/C21H25N3O6S/c1-3-30-21(26)23-11-13-24(14-12-23)31(27,28)17-9-10-19(29-2)18(15-17)22-20(25)16-7-5-4-6-8-16/h4-10,15H,3,11-14H2,1-2H3,(H,22,25). The molecule has 166 valence electrons. The molecule has 0 atom stereocenters. The lowest BCUT2D eigenvalue weighted by atomic mass is 10.2. The molecule has 9 nitrogen and oxygen atoms in total. The zero-order valence-corrected chi connectivity index (χ0v) is 18.2. The summed E-state index contributed by atoms with van der Waals surface area (Å²) in [5, 5.41) is 2.71. The normalized spacial score (nSPS) is 14.7. The van der Waals surface area contributed by atoms with Crippen LogP contribution in [-0.2, 0) is 14.8 Å². The van der Waals surface area contributed by atoms with Crippen molar-refractivity contribution in [3.8, 4) is 5.75 Å². The highest BCUT2D eigenvalue weighted by atomic mass is 32.2. The quantitative estimate of drug-likeness (QED) is 0.729. The summed E-state index contributed by atoms with van der Waals surface area (Å²) in [7, 11) is -2.38. The molecule has 31 heavy (non-hydrogen) atoms. The van der Waals surface area contributed by atoms with E-state index in [0.29, 0.717) is 11.3 Å². The van der Waals surface area contributed by atoms with E-state index in [9.17, 15) is 18.0 Å². The minimum absolute atomic E-state index is 0.0289. The Hall–Kier alpha value is -3.11. The molecule has 1 N–H and O–H groups in total. The third-order valence-electron chi connectivity index (χ3n) is 4.86. The van der Waals surface area contributed by atoms with Crippen LogP contribution in [0.2, 0.25) is 0 Å². The van der Waals surface area contributed by atoms with Crippen molar-refractivity contribution in [3.63, 3.8) is 0 Å². The molecule has 1 aliphatic rings. The molecule has 1 fully saturated rings. The summed E-state index contributed by atoms with van der Waals surface area (Å²) in [6.07, 6.45) is -0.449. The first kappa shape index (κ1) is 22.6. The van der Waals surface area contributed by atoms with Crippen LogP contribution in [0.15, 0.2) is 53.4 Å². The van der Waals surface area contributed by atoms with Gasteiger partial charge in [0.05, 0.1) is 24.3 Å². The fourth-order valence-electron chi connectivity index (χ4n) is 3.20. The number of anilines is 1. The zero-order chi connectivity index (χ0) is 22.4. The topological polar surface area (TPSA) is 105 Å². The zero-order valence-electron chi connectivity index (χ0n) is 17.4. The molecule has 0 radical (unpaired) electrons. The Morgan fingerprint density at radius 1 is 1.03 bits per heavy atom. The highest BCUT2D eigenvalue weighted by molar-refractivity contribution is 7.89. The Labute approximate surface area is 181 Å². The third-order valence-corrected chi connectivity index (χ3v) is 6.75. The first-order valence-electron chi connectivity index (χ1n) is 9.83. The molecule has 0 spiro atoms. The van der Waals surface area contributed by atoms with Gasteiger partial charge in [-0.05, 0) is 37.3 Å². The van der Waals surface area contributed by atoms with Crippen molar-refractivity contribution in [2.24, 2.45) is 0 Å². The van der Waals surface area contributed by atoms with Crippen molar-refractivity contribution in [3.05, 3.63) is 54.1 Å². The number of carbonyl (C=O) groups excluding carboxylic acids is 2. The number of carbonyl (C=O) groups is 2. The number of hydrogen-bond donors (Lipinski definition) is 1. The van der Waals surface area contributed by atoms with E-state index in [0.717, 1.165) is 0 Å². The molecule has 0 bridgehead atoms. The Kier molecular flexibility index (Phi) is 7.13. The molecule has 2 aromatic carbocycles. The van der Waals surface area contributed by atoms with Crippen molar-refractivity contribution in [2.75, 3.05) is 45.2 Å². The van der Waals surface area contributed by atoms with Gasteiger partial charge in [-0.2, -0.15) is 4.31 Å². The van der Waals surface area contributed by atoms with E-state index in [1.54, 1.807) is 37.3 Å². The second kappa shape index (κ2) is 9.80. The number of hydrogen-bond acceptors (Lipinski definition) is 6. The molecule has 3 rings (SSSR count). The largest absolute Gasteiger partial charge is 0.495 e. The summed E-state index contributed by atoms with van der Waals surface area (Å²) in [6, 6.07) is 12.9. The predicted molar refractivity (Wildman–Crippen MR) is 115 cm³/mol. The average Bonchev–Trinajstić information content (AvgIpc) is 2.79. The number of piperazine rings is 1. The van der Waals surface area contributed by atoms with Crippen molar-refractivity contribution in [1.29, 1.82) is 0 Å². The second-order valence-electron chi connectivity index (χ2n) is 6.77. The number of ether oxygens (including phenoxy) is 2. The number of nitrogens with zero attached hydrogens (tertiary/aromatic N) is 2. The first-order valence-corrected chi connectivity index (χ1v) is 11.3. The van der Waals surface area contributed by atoms with Gasteiger partial charge in [-0.25, -0.2) is 13.2 Å². The van der Waals surface area contributed by atoms with E-state index in [4.69, 9.17) is 9.47 Å². The van der Waals surface area contributed by atoms with Gasteiger partial charge in [-0.3, -0.25) is 4.79 Å². The van der Waals surface area contributed by atoms with Crippen molar-refractivity contribution >= 4 is 27.7 Å². The molecule has 0 aliphatic carbocycles. The summed E-state index contributed by atoms with van der Waals surface area (Å²) in [5.41, 5.74) is 0.690. The van der Waals surface area contributed by atoms with Gasteiger partial charge in [0.15, 0.2) is 0 Å². The number of nitrogens with one attached hydrogen (secondary N) is 1. The number of amides is 2. The summed E-state index contributed by atoms with van der Waals surface area (Å²) >= 11 is 0. The van der Waals surface area contributed by atoms with Crippen LogP contribution in [0, 0.1) is 0 Å². The minimum atomic E-state index is -3.82. The molecule has 1 saturated heterocycles. The number of sulfonamides is 1. The van der Waals surface area contributed by atoms with Gasteiger partial charge in [0.2, 0.25) is 10.0 Å². The predicted octanol–water partition coefficient (Wildman–Crippen LogP) is 2.41. The molecule has 0 saturated carbocycles. The van der Waals surface area contributed by atoms with Gasteiger partial charge < -0.3 is 19.7 Å². The average molecular weight is 448 g/mol. The van der Waals surface area contributed by atoms with Crippen LogP contribution in [0.25, 0.3) is 0 Å². The number of methoxy groups -OCH3 is 1. The minimum Gasteiger partial charge on any atom is -0.495 e. The Balaban J connectivity index is 1.78. The van der Waals surface area contributed by atoms with E-state index in [2.05, 4.69) is 5.32 Å². The van der Waals surface area contributed by atoms with Crippen LogP contribution in [0.4, 0.5) is 10.5 Å². The van der Waals surface area contributed by atoms with Crippen LogP contribution in [-0.4, -0.2) is 69.5 Å². The smallest absolute Gasteiger partial charge is 0.409 e. The van der Waals surface area contributed by atoms with Crippen LogP contribution >= 0.6 is 0 Å². The summed E-state index contributed by atoms with van der Waals surface area (Å²) in [4.78, 5) is 25.9. The number of benzene rings is 2. The van der Waals surface area contributed by atoms with Gasteiger partial charge in [0, 0.05) is 31.7 Å². The monoisotopic (exact) mass is 447 g/mol. The fourth-order valence-corrected chi connectivity index (χ4v) is 4.65. The van der Waals surface area contributed by atoms with Crippen molar-refractivity contribution in [2.45, 2.75) is 11.8 Å². The molecule has 0 unspecified atom stereocenters. The van der Waals surface area contributed by atoms with E-state index < -0.39 is 16.1 Å². The molecule has 0 aromatic heterocycles. The van der Waals surface area contributed by atoms with Crippen LogP contribution in [0.1, 0.15) is 17.3 Å². The van der Waals surface area contributed by atoms with Crippen LogP contribution < -0.4 is 10.1 Å². The molecule has 2 amide bonds. The van der Waals surface area contributed by atoms with Gasteiger partial charge >= 0.3 is 6.09 Å². The Morgan fingerprint density at radius 2 is 1.71 bits per heavy atom. The van der Waals surface area contributed by atoms with Crippen LogP contribution in [0.3, 0.4) is 0 Å². The maximum atomic E-state index is 13.1. The summed E-state index contributed by atoms with van der Waals surface area (Å²) in [5.74, 6) is -0.0353. The summed E-state index contributed by atoms with van der Waals surface area (Å²) in [6.45, 7) is 2.77. The highest BCUT2D eigenvalue weighted by Crippen LogP contribution is 2.29. The lowest BCUT2D eigenvalue weighted by Gasteiger charge is -2.33. The van der Waals surface area contributed by atoms with Gasteiger partial charge in [-0.15, -0.1) is 0 Å². The lowest BCUT2D eigenvalue weighted by Crippen LogP contribution is -2.50. The first-order chi connectivity index (χ1) is 14.9. The lowest BCUT2D eigenvalue weighted by molar-refractivity contribution is 0.0933. The fraction of sp³-hybridized carbons (Fsp3) is 0.333. The van der Waals surface area contributed by atoms with Crippen molar-refractivity contribution < 1.29 is 27.5 Å². The van der Waals surface area contributed by atoms with E-state index in [1.165, 1.54) is 34.5 Å². The SMILES string of the molecule is CCOC(=O)N1CCN(S(=O)(=O)c2ccc(OC)c(NC(=O)c3ccccc3)c2)CC1. The second-order valence-corrected chi connectivity index (χ2v) is 8.71. The maximum Gasteiger partial charge on any atom is 0.409 e. The molecular formula is C21H25N3O6S. The molecule has 10 heteroatoms. The van der Waals surface area contributed by atoms with Gasteiger partial charge in [0.1, 0.15) is 5.75 Å². The molecule has 1 aliphatic heterocycles. The van der Waals surface area contributed by atoms with E-state index in [1.807, 2.05) is 0 Å². The number of rotatable bonds is 6. The van der Waals surface area contributed by atoms with E-state index in [-0.39, 0.29) is 49.3 Å². The Morgan fingerprint density at radius 3 is 2.32 bits per heavy atom. The van der Waals surface area contributed by atoms with Gasteiger partial charge in [0.25, 0.3) is 5.91 Å². The van der Waals surface area contributed by atoms with Gasteiger partial charge in [-0.1, -0.05) is 18.2 Å². The molecule has 1 heterocycles. The maximum absolute atomic E-state index is 13.1. The van der Waals surface area contributed by atoms with Crippen LogP contribution in [0.5, 0.6) is 5.75 Å². The third kappa shape index (κ3) is 5.15. The highest BCUT2D eigenvalue weighted by Gasteiger charge is 2.31.